The molecule has 0 radical (unpaired) electrons. The number of hydrogen-bond donors (Lipinski definition) is 2. The van der Waals surface area contributed by atoms with Gasteiger partial charge in [-0.3, -0.25) is 4.79 Å². The molecule has 0 aliphatic rings. The van der Waals surface area contributed by atoms with Gasteiger partial charge in [-0.2, -0.15) is 0 Å². The van der Waals surface area contributed by atoms with Crippen LogP contribution in [0.1, 0.15) is 58.9 Å². The summed E-state index contributed by atoms with van der Waals surface area (Å²) in [7, 11) is 0. The van der Waals surface area contributed by atoms with Gasteiger partial charge in [0.15, 0.2) is 0 Å². The van der Waals surface area contributed by atoms with Crippen LogP contribution in [0.15, 0.2) is 30.3 Å². The summed E-state index contributed by atoms with van der Waals surface area (Å²) in [5.41, 5.74) is 6.45. The van der Waals surface area contributed by atoms with E-state index >= 15 is 0 Å². The Morgan fingerprint density at radius 1 is 1.14 bits per heavy atom. The van der Waals surface area contributed by atoms with E-state index in [1.165, 1.54) is 5.56 Å². The number of hydrogen-bond acceptors (Lipinski definition) is 2. The predicted molar refractivity (Wildman–Crippen MR) is 93.7 cm³/mol. The summed E-state index contributed by atoms with van der Waals surface area (Å²) >= 11 is 0. The van der Waals surface area contributed by atoms with Crippen LogP contribution in [0, 0.1) is 10.8 Å². The third kappa shape index (κ3) is 5.45. The predicted octanol–water partition coefficient (Wildman–Crippen LogP) is 3.70. The second-order valence-corrected chi connectivity index (χ2v) is 7.85. The average Bonchev–Trinajstić information content (AvgIpc) is 2.44. The Morgan fingerprint density at radius 2 is 1.73 bits per heavy atom. The van der Waals surface area contributed by atoms with Crippen molar-refractivity contribution in [3.05, 3.63) is 35.9 Å². The van der Waals surface area contributed by atoms with Crippen molar-refractivity contribution in [2.24, 2.45) is 16.6 Å². The molecule has 0 saturated carbocycles. The second-order valence-electron chi connectivity index (χ2n) is 7.85. The summed E-state index contributed by atoms with van der Waals surface area (Å²) in [6.07, 6.45) is 1.78. The van der Waals surface area contributed by atoms with Crippen molar-refractivity contribution in [3.8, 4) is 0 Å². The summed E-state index contributed by atoms with van der Waals surface area (Å²) < 4.78 is 0. The summed E-state index contributed by atoms with van der Waals surface area (Å²) in [4.78, 5) is 12.7. The minimum Gasteiger partial charge on any atom is -0.356 e. The van der Waals surface area contributed by atoms with Gasteiger partial charge in [-0.05, 0) is 36.3 Å². The first-order valence-electron chi connectivity index (χ1n) is 8.22. The Bertz CT molecular complexity index is 460. The van der Waals surface area contributed by atoms with E-state index in [1.54, 1.807) is 0 Å². The highest BCUT2D eigenvalue weighted by molar-refractivity contribution is 5.83. The fourth-order valence-corrected chi connectivity index (χ4v) is 2.78. The number of benzene rings is 1. The lowest BCUT2D eigenvalue weighted by Gasteiger charge is -2.37. The van der Waals surface area contributed by atoms with E-state index in [4.69, 9.17) is 5.73 Å². The van der Waals surface area contributed by atoms with Crippen molar-refractivity contribution >= 4 is 5.91 Å². The van der Waals surface area contributed by atoms with E-state index in [0.29, 0.717) is 13.1 Å². The molecule has 0 aromatic heterocycles. The lowest BCUT2D eigenvalue weighted by atomic mass is 9.67. The monoisotopic (exact) mass is 304 g/mol. The van der Waals surface area contributed by atoms with Crippen molar-refractivity contribution in [2.45, 2.75) is 53.4 Å². The number of nitrogens with two attached hydrogens (primary N) is 1. The van der Waals surface area contributed by atoms with Crippen molar-refractivity contribution in [3.63, 3.8) is 0 Å². The Kier molecular flexibility index (Phi) is 6.61. The molecule has 1 atom stereocenters. The molecule has 0 spiro atoms. The topological polar surface area (TPSA) is 55.1 Å². The van der Waals surface area contributed by atoms with Crippen molar-refractivity contribution in [1.29, 1.82) is 0 Å². The van der Waals surface area contributed by atoms with E-state index in [9.17, 15) is 4.79 Å². The van der Waals surface area contributed by atoms with Gasteiger partial charge in [0.25, 0.3) is 0 Å². The first-order chi connectivity index (χ1) is 10.2. The quantitative estimate of drug-likeness (QED) is 0.755. The Morgan fingerprint density at radius 3 is 2.23 bits per heavy atom. The van der Waals surface area contributed by atoms with Crippen LogP contribution >= 0.6 is 0 Å². The van der Waals surface area contributed by atoms with Gasteiger partial charge in [-0.25, -0.2) is 0 Å². The maximum absolute atomic E-state index is 12.7. The minimum absolute atomic E-state index is 0.110. The molecule has 0 aliphatic heterocycles. The summed E-state index contributed by atoms with van der Waals surface area (Å²) in [5.74, 6) is 0.297. The van der Waals surface area contributed by atoms with Crippen LogP contribution in [0.25, 0.3) is 0 Å². The van der Waals surface area contributed by atoms with E-state index in [-0.39, 0.29) is 17.2 Å². The molecule has 1 amide bonds. The second kappa shape index (κ2) is 7.77. The Hall–Kier alpha value is -1.35. The van der Waals surface area contributed by atoms with Crippen LogP contribution in [0.4, 0.5) is 0 Å². The highest BCUT2D eigenvalue weighted by Gasteiger charge is 2.39. The third-order valence-electron chi connectivity index (χ3n) is 4.14. The van der Waals surface area contributed by atoms with Gasteiger partial charge < -0.3 is 11.1 Å². The first-order valence-corrected chi connectivity index (χ1v) is 8.22. The zero-order valence-electron chi connectivity index (χ0n) is 14.8. The molecular weight excluding hydrogens is 272 g/mol. The number of amides is 1. The largest absolute Gasteiger partial charge is 0.356 e. The zero-order valence-corrected chi connectivity index (χ0v) is 14.8. The Balaban J connectivity index is 3.00. The Labute approximate surface area is 135 Å². The molecule has 0 saturated heterocycles. The molecular formula is C19H32N2O. The van der Waals surface area contributed by atoms with Crippen molar-refractivity contribution in [2.75, 3.05) is 13.1 Å². The maximum Gasteiger partial charge on any atom is 0.226 e. The number of nitrogens with one attached hydrogen (secondary N) is 1. The molecule has 124 valence electrons. The normalized spacial score (nSPS) is 13.7. The third-order valence-corrected chi connectivity index (χ3v) is 4.14. The molecule has 1 unspecified atom stereocenters. The molecule has 0 fully saturated rings. The zero-order chi connectivity index (χ0) is 16.8. The van der Waals surface area contributed by atoms with Gasteiger partial charge >= 0.3 is 0 Å². The highest BCUT2D eigenvalue weighted by Crippen LogP contribution is 2.43. The van der Waals surface area contributed by atoms with E-state index in [0.717, 1.165) is 12.8 Å². The molecule has 22 heavy (non-hydrogen) atoms. The van der Waals surface area contributed by atoms with Crippen LogP contribution in [-0.2, 0) is 4.79 Å². The van der Waals surface area contributed by atoms with Gasteiger partial charge in [0, 0.05) is 6.54 Å². The van der Waals surface area contributed by atoms with Crippen LogP contribution in [0.2, 0.25) is 0 Å². The van der Waals surface area contributed by atoms with E-state index in [1.807, 2.05) is 32.0 Å². The SMILES string of the molecule is CC(C)(C)CC(c1ccccc1)C(C)(C)C(=O)NCCCN. The summed E-state index contributed by atoms with van der Waals surface area (Å²) in [5, 5.41) is 3.04. The first kappa shape index (κ1) is 18.7. The minimum atomic E-state index is -0.455. The van der Waals surface area contributed by atoms with E-state index < -0.39 is 5.41 Å². The number of carbonyl (C=O) groups excluding carboxylic acids is 1. The standard InChI is InChI=1S/C19H32N2O/c1-18(2,3)14-16(15-10-7-6-8-11-15)19(4,5)17(22)21-13-9-12-20/h6-8,10-11,16H,9,12-14,20H2,1-5H3,(H,21,22). The van der Waals surface area contributed by atoms with Gasteiger partial charge in [-0.1, -0.05) is 65.0 Å². The van der Waals surface area contributed by atoms with Crippen molar-refractivity contribution in [1.82, 2.24) is 5.32 Å². The van der Waals surface area contributed by atoms with Crippen LogP contribution in [0.3, 0.4) is 0 Å². The number of rotatable bonds is 7. The molecule has 0 aliphatic carbocycles. The van der Waals surface area contributed by atoms with Crippen molar-refractivity contribution < 1.29 is 4.79 Å². The number of carbonyl (C=O) groups is 1. The molecule has 3 N–H and O–H groups in total. The van der Waals surface area contributed by atoms with Gasteiger partial charge in [-0.15, -0.1) is 0 Å². The molecule has 0 bridgehead atoms. The molecule has 1 aromatic rings. The van der Waals surface area contributed by atoms with E-state index in [2.05, 4.69) is 38.2 Å². The van der Waals surface area contributed by atoms with Gasteiger partial charge in [0.1, 0.15) is 0 Å². The van der Waals surface area contributed by atoms with Gasteiger partial charge in [0.05, 0.1) is 5.41 Å². The average molecular weight is 304 g/mol. The molecule has 3 heteroatoms. The smallest absolute Gasteiger partial charge is 0.226 e. The molecule has 3 nitrogen and oxygen atoms in total. The van der Waals surface area contributed by atoms with Crippen LogP contribution in [0.5, 0.6) is 0 Å². The maximum atomic E-state index is 12.7. The lowest BCUT2D eigenvalue weighted by molar-refractivity contribution is -0.130. The molecule has 1 rings (SSSR count). The summed E-state index contributed by atoms with van der Waals surface area (Å²) in [6, 6.07) is 10.4. The fraction of sp³-hybridized carbons (Fsp3) is 0.632. The highest BCUT2D eigenvalue weighted by atomic mass is 16.2. The van der Waals surface area contributed by atoms with Crippen LogP contribution < -0.4 is 11.1 Å². The fourth-order valence-electron chi connectivity index (χ4n) is 2.78. The molecule has 1 aromatic carbocycles. The molecule has 0 heterocycles. The summed E-state index contributed by atoms with van der Waals surface area (Å²) in [6.45, 7) is 12.0. The van der Waals surface area contributed by atoms with Crippen LogP contribution in [-0.4, -0.2) is 19.0 Å². The lowest BCUT2D eigenvalue weighted by Crippen LogP contribution is -2.42. The van der Waals surface area contributed by atoms with Gasteiger partial charge in [0.2, 0.25) is 5.91 Å².